The number of aliphatic hydroxyl groups is 1. The highest BCUT2D eigenvalue weighted by Gasteiger charge is 2.61. The molecule has 1 fully saturated rings. The van der Waals surface area contributed by atoms with E-state index in [1.807, 2.05) is 74.5 Å². The van der Waals surface area contributed by atoms with Crippen molar-refractivity contribution in [1.82, 2.24) is 14.6 Å². The Balaban J connectivity index is 1.42. The smallest absolute Gasteiger partial charge is 0.408 e. The fraction of sp³-hybridized carbons (Fsp3) is 0.333. The zero-order valence-electron chi connectivity index (χ0n) is 22.9. The largest absolute Gasteiger partial charge is 0.445 e. The lowest BCUT2D eigenvalue weighted by atomic mass is 10.0. The van der Waals surface area contributed by atoms with Gasteiger partial charge < -0.3 is 20.9 Å². The van der Waals surface area contributed by atoms with Crippen LogP contribution in [0.5, 0.6) is 0 Å². The fourth-order valence-corrected chi connectivity index (χ4v) is 8.12. The molecular weight excluding hydrogens is 560 g/mol. The number of rotatable bonds is 11. The van der Waals surface area contributed by atoms with Crippen LogP contribution in [0.2, 0.25) is 0 Å². The number of thiazole rings is 1. The van der Waals surface area contributed by atoms with Gasteiger partial charge in [0.15, 0.2) is 5.13 Å². The summed E-state index contributed by atoms with van der Waals surface area (Å²) in [6.45, 7) is 3.87. The van der Waals surface area contributed by atoms with Crippen molar-refractivity contribution in [1.29, 1.82) is 0 Å². The van der Waals surface area contributed by atoms with Gasteiger partial charge in [-0.2, -0.15) is 4.31 Å². The minimum Gasteiger partial charge on any atom is -0.445 e. The number of hydrogen-bond donors (Lipinski definition) is 3. The van der Waals surface area contributed by atoms with Crippen LogP contribution in [0.25, 0.3) is 10.2 Å². The van der Waals surface area contributed by atoms with Gasteiger partial charge >= 0.3 is 6.09 Å². The summed E-state index contributed by atoms with van der Waals surface area (Å²) < 4.78 is 35.3. The van der Waals surface area contributed by atoms with Gasteiger partial charge in [0, 0.05) is 19.0 Å². The van der Waals surface area contributed by atoms with Gasteiger partial charge in [-0.1, -0.05) is 91.9 Å². The highest BCUT2D eigenvalue weighted by molar-refractivity contribution is 7.89. The molecule has 1 aliphatic rings. The number of amides is 1. The number of nitrogens with one attached hydrogen (secondary N) is 1. The van der Waals surface area contributed by atoms with Gasteiger partial charge in [-0.25, -0.2) is 18.2 Å². The van der Waals surface area contributed by atoms with Crippen LogP contribution in [-0.4, -0.2) is 53.6 Å². The number of carbonyl (C=O) groups excluding carboxylic acids is 1. The van der Waals surface area contributed by atoms with Crippen molar-refractivity contribution in [3.05, 3.63) is 90.0 Å². The van der Waals surface area contributed by atoms with Gasteiger partial charge in [0.05, 0.1) is 21.9 Å². The standard InChI is InChI=1S/C30H34N4O5S2/c1-20(2)17-34(41(37,38)25-15-9-14-24-27(25)40-28(31)32-24)18-26(35)30(16-23(30)22-12-7-4-8-13-22)33-29(36)39-19-21-10-5-3-6-11-21/h3-15,20,23,26,35H,16-19H2,1-2H3,(H2,31,32)(H,33,36)/t23?,26-,30?/m1/s1. The van der Waals surface area contributed by atoms with Crippen LogP contribution < -0.4 is 11.1 Å². The third-order valence-electron chi connectivity index (χ3n) is 7.31. The molecule has 0 spiro atoms. The van der Waals surface area contributed by atoms with E-state index in [1.165, 1.54) is 10.4 Å². The number of nitrogen functional groups attached to an aromatic ring is 1. The van der Waals surface area contributed by atoms with Gasteiger partial charge in [0.25, 0.3) is 0 Å². The molecule has 1 aromatic heterocycles. The van der Waals surface area contributed by atoms with Gasteiger partial charge in [-0.3, -0.25) is 0 Å². The van der Waals surface area contributed by atoms with Gasteiger partial charge in [0.2, 0.25) is 10.0 Å². The summed E-state index contributed by atoms with van der Waals surface area (Å²) in [5, 5.41) is 14.9. The van der Waals surface area contributed by atoms with Crippen molar-refractivity contribution in [3.8, 4) is 0 Å². The molecule has 11 heteroatoms. The molecule has 0 bridgehead atoms. The van der Waals surface area contributed by atoms with Crippen molar-refractivity contribution in [2.24, 2.45) is 5.92 Å². The van der Waals surface area contributed by atoms with Crippen molar-refractivity contribution < 1.29 is 23.1 Å². The summed E-state index contributed by atoms with van der Waals surface area (Å²) in [5.74, 6) is -0.233. The number of nitrogens with two attached hydrogens (primary N) is 1. The SMILES string of the molecule is CC(C)CN(C[C@@H](O)C1(NC(=O)OCc2ccccc2)CC1c1ccccc1)S(=O)(=O)c1cccc2nc(N)sc12. The van der Waals surface area contributed by atoms with Crippen LogP contribution in [0.4, 0.5) is 9.93 Å². The Bertz CT molecular complexity index is 1610. The number of carbonyl (C=O) groups is 1. The van der Waals surface area contributed by atoms with Gasteiger partial charge in [0.1, 0.15) is 11.5 Å². The first-order chi connectivity index (χ1) is 19.6. The summed E-state index contributed by atoms with van der Waals surface area (Å²) in [7, 11) is -4.05. The molecule has 1 amide bonds. The highest BCUT2D eigenvalue weighted by atomic mass is 32.2. The van der Waals surface area contributed by atoms with E-state index < -0.39 is 27.8 Å². The second kappa shape index (κ2) is 11.8. The molecule has 1 aliphatic carbocycles. The average molecular weight is 595 g/mol. The van der Waals surface area contributed by atoms with Gasteiger partial charge in [-0.15, -0.1) is 0 Å². The summed E-state index contributed by atoms with van der Waals surface area (Å²) in [6, 6.07) is 23.8. The maximum atomic E-state index is 14.0. The van der Waals surface area contributed by atoms with Crippen LogP contribution in [0.1, 0.15) is 37.3 Å². The fourth-order valence-electron chi connectivity index (χ4n) is 5.24. The average Bonchev–Trinajstić information content (AvgIpc) is 3.55. The number of aliphatic hydroxyl groups excluding tert-OH is 1. The Labute approximate surface area is 244 Å². The molecule has 9 nitrogen and oxygen atoms in total. The molecule has 0 aliphatic heterocycles. The number of anilines is 1. The molecule has 0 radical (unpaired) electrons. The van der Waals surface area contributed by atoms with Gasteiger partial charge in [-0.05, 0) is 35.6 Å². The number of ether oxygens (including phenoxy) is 1. The van der Waals surface area contributed by atoms with Crippen LogP contribution in [0.15, 0.2) is 83.8 Å². The van der Waals surface area contributed by atoms with E-state index >= 15 is 0 Å². The summed E-state index contributed by atoms with van der Waals surface area (Å²) in [6.07, 6.45) is -1.44. The van der Waals surface area contributed by atoms with Crippen LogP contribution in [0, 0.1) is 5.92 Å². The maximum absolute atomic E-state index is 14.0. The quantitative estimate of drug-likeness (QED) is 0.228. The molecule has 3 aromatic carbocycles. The second-order valence-corrected chi connectivity index (χ2v) is 13.7. The Morgan fingerprint density at radius 3 is 2.46 bits per heavy atom. The number of alkyl carbamates (subject to hydrolysis) is 1. The van der Waals surface area contributed by atoms with E-state index in [1.54, 1.807) is 12.1 Å². The van der Waals surface area contributed by atoms with Crippen molar-refractivity contribution >= 4 is 42.8 Å². The zero-order valence-corrected chi connectivity index (χ0v) is 24.6. The molecule has 5 rings (SSSR count). The summed E-state index contributed by atoms with van der Waals surface area (Å²) >= 11 is 1.11. The number of fused-ring (bicyclic) bond motifs is 1. The molecule has 2 unspecified atom stereocenters. The highest BCUT2D eigenvalue weighted by Crippen LogP contribution is 2.54. The number of sulfonamides is 1. The molecule has 3 atom stereocenters. The molecule has 1 heterocycles. The second-order valence-electron chi connectivity index (χ2n) is 10.8. The molecule has 216 valence electrons. The molecule has 1 saturated carbocycles. The lowest BCUT2D eigenvalue weighted by Gasteiger charge is -2.31. The minimum absolute atomic E-state index is 0.0217. The van der Waals surface area contributed by atoms with E-state index in [4.69, 9.17) is 10.5 Å². The maximum Gasteiger partial charge on any atom is 0.408 e. The van der Waals surface area contributed by atoms with E-state index in [9.17, 15) is 18.3 Å². The first kappa shape index (κ1) is 29.0. The third-order valence-corrected chi connectivity index (χ3v) is 10.2. The molecule has 4 aromatic rings. The van der Waals surface area contributed by atoms with Crippen molar-refractivity contribution in [2.45, 2.75) is 49.3 Å². The third kappa shape index (κ3) is 6.23. The Morgan fingerprint density at radius 2 is 1.78 bits per heavy atom. The predicted molar refractivity (Wildman–Crippen MR) is 160 cm³/mol. The molecular formula is C30H34N4O5S2. The molecule has 41 heavy (non-hydrogen) atoms. The molecule has 0 saturated heterocycles. The Kier molecular flexibility index (Phi) is 8.32. The number of nitrogens with zero attached hydrogens (tertiary/aromatic N) is 2. The number of hydrogen-bond acceptors (Lipinski definition) is 8. The number of benzene rings is 3. The number of aromatic nitrogens is 1. The monoisotopic (exact) mass is 594 g/mol. The van der Waals surface area contributed by atoms with Crippen LogP contribution in [-0.2, 0) is 21.4 Å². The van der Waals surface area contributed by atoms with Crippen LogP contribution >= 0.6 is 11.3 Å². The topological polar surface area (TPSA) is 135 Å². The van der Waals surface area contributed by atoms with Crippen molar-refractivity contribution in [3.63, 3.8) is 0 Å². The van der Waals surface area contributed by atoms with E-state index in [0.29, 0.717) is 16.6 Å². The normalized spacial score (nSPS) is 19.4. The summed E-state index contributed by atoms with van der Waals surface area (Å²) in [5.41, 5.74) is 7.07. The van der Waals surface area contributed by atoms with Crippen molar-refractivity contribution in [2.75, 3.05) is 18.8 Å². The Morgan fingerprint density at radius 1 is 1.10 bits per heavy atom. The first-order valence-corrected chi connectivity index (χ1v) is 15.7. The lowest BCUT2D eigenvalue weighted by Crippen LogP contribution is -2.53. The summed E-state index contributed by atoms with van der Waals surface area (Å²) in [4.78, 5) is 17.3. The van der Waals surface area contributed by atoms with E-state index in [-0.39, 0.29) is 41.6 Å². The van der Waals surface area contributed by atoms with Crippen LogP contribution in [0.3, 0.4) is 0 Å². The van der Waals surface area contributed by atoms with E-state index in [0.717, 1.165) is 22.5 Å². The predicted octanol–water partition coefficient (Wildman–Crippen LogP) is 4.74. The lowest BCUT2D eigenvalue weighted by molar-refractivity contribution is 0.0764. The molecule has 4 N–H and O–H groups in total. The first-order valence-electron chi connectivity index (χ1n) is 13.5. The minimum atomic E-state index is -4.05. The zero-order chi connectivity index (χ0) is 29.2. The van der Waals surface area contributed by atoms with E-state index in [2.05, 4.69) is 10.3 Å². The Hall–Kier alpha value is -3.51.